The number of unbranched alkanes of at least 4 members (excludes halogenated alkanes) is 2. The first kappa shape index (κ1) is 27.0. The summed E-state index contributed by atoms with van der Waals surface area (Å²) in [5, 5.41) is 9.60. The number of β-lactam (4-membered cyclic amide) rings is 1. The van der Waals surface area contributed by atoms with E-state index in [1.807, 2.05) is 18.2 Å². The lowest BCUT2D eigenvalue weighted by molar-refractivity contribution is -0.167. The van der Waals surface area contributed by atoms with Gasteiger partial charge in [-0.25, -0.2) is 14.5 Å². The number of urea groups is 1. The van der Waals surface area contributed by atoms with E-state index in [1.54, 1.807) is 4.90 Å². The Morgan fingerprint density at radius 2 is 1.61 bits per heavy atom. The van der Waals surface area contributed by atoms with Crippen LogP contribution in [0.2, 0.25) is 0 Å². The molecule has 2 atom stereocenters. The third-order valence-corrected chi connectivity index (χ3v) is 6.74. The van der Waals surface area contributed by atoms with Crippen LogP contribution in [0.3, 0.4) is 0 Å². The number of carboxylic acid groups (broad SMARTS) is 1. The summed E-state index contributed by atoms with van der Waals surface area (Å²) >= 11 is 0. The molecule has 1 aromatic carbocycles. The number of aryl methyl sites for hydroxylation is 1. The zero-order valence-corrected chi connectivity index (χ0v) is 20.6. The maximum Gasteiger partial charge on any atom is 0.327 e. The maximum atomic E-state index is 12.9. The molecule has 2 aliphatic heterocycles. The highest BCUT2D eigenvalue weighted by Gasteiger charge is 2.55. The van der Waals surface area contributed by atoms with Crippen LogP contribution in [-0.4, -0.2) is 88.3 Å². The van der Waals surface area contributed by atoms with Crippen molar-refractivity contribution in [2.75, 3.05) is 32.7 Å². The molecule has 4 amide bonds. The van der Waals surface area contributed by atoms with Gasteiger partial charge in [-0.15, -0.1) is 0 Å². The molecule has 2 heterocycles. The van der Waals surface area contributed by atoms with Crippen molar-refractivity contribution < 1.29 is 24.3 Å². The number of nitrogens with two attached hydrogens (primary N) is 2. The van der Waals surface area contributed by atoms with Crippen LogP contribution < -0.4 is 11.5 Å². The Hall–Kier alpha value is -3.63. The molecule has 0 aliphatic carbocycles. The van der Waals surface area contributed by atoms with Crippen LogP contribution in [0.4, 0.5) is 4.79 Å². The van der Waals surface area contributed by atoms with Gasteiger partial charge in [-0.2, -0.15) is 0 Å². The van der Waals surface area contributed by atoms with Gasteiger partial charge in [-0.05, 0) is 37.7 Å². The topological polar surface area (TPSA) is 163 Å². The molecule has 3 rings (SSSR count). The summed E-state index contributed by atoms with van der Waals surface area (Å²) in [5.41, 5.74) is 11.8. The monoisotopic (exact) mass is 500 g/mol. The van der Waals surface area contributed by atoms with Gasteiger partial charge in [0.05, 0.1) is 5.92 Å². The fourth-order valence-corrected chi connectivity index (χ4v) is 4.73. The van der Waals surface area contributed by atoms with E-state index in [0.717, 1.165) is 30.6 Å². The van der Waals surface area contributed by atoms with Gasteiger partial charge in [0.15, 0.2) is 12.0 Å². The van der Waals surface area contributed by atoms with Crippen molar-refractivity contribution in [3.05, 3.63) is 35.9 Å². The van der Waals surface area contributed by atoms with Gasteiger partial charge in [0.1, 0.15) is 0 Å². The van der Waals surface area contributed by atoms with E-state index in [4.69, 9.17) is 11.5 Å². The number of carbonyl (C=O) groups is 4. The van der Waals surface area contributed by atoms with Crippen LogP contribution in [0, 0.1) is 5.92 Å². The summed E-state index contributed by atoms with van der Waals surface area (Å²) in [7, 11) is 0. The Bertz CT molecular complexity index is 957. The predicted octanol–water partition coefficient (Wildman–Crippen LogP) is 1.02. The number of carboxylic acids is 1. The molecule has 11 nitrogen and oxygen atoms in total. The van der Waals surface area contributed by atoms with E-state index in [9.17, 15) is 24.3 Å². The van der Waals surface area contributed by atoms with E-state index < -0.39 is 29.9 Å². The van der Waals surface area contributed by atoms with Crippen molar-refractivity contribution in [2.24, 2.45) is 22.4 Å². The third kappa shape index (κ3) is 6.96. The van der Waals surface area contributed by atoms with Crippen molar-refractivity contribution in [3.63, 3.8) is 0 Å². The molecule has 36 heavy (non-hydrogen) atoms. The number of aliphatic imine (C=N–C) groups is 1. The fourth-order valence-electron chi connectivity index (χ4n) is 4.73. The zero-order chi connectivity index (χ0) is 26.1. The molecule has 0 aromatic heterocycles. The van der Waals surface area contributed by atoms with E-state index >= 15 is 0 Å². The summed E-state index contributed by atoms with van der Waals surface area (Å²) in [6.07, 6.45) is 5.01. The Morgan fingerprint density at radius 3 is 2.25 bits per heavy atom. The van der Waals surface area contributed by atoms with Gasteiger partial charge in [-0.1, -0.05) is 36.8 Å². The molecule has 2 aliphatic rings. The normalized spacial score (nSPS) is 19.6. The molecule has 0 spiro atoms. The average Bonchev–Trinajstić information content (AvgIpc) is 2.86. The number of imide groups is 1. The fraction of sp³-hybridized carbons (Fsp3) is 0.560. The second-order valence-corrected chi connectivity index (χ2v) is 9.24. The molecule has 2 saturated heterocycles. The van der Waals surface area contributed by atoms with E-state index in [2.05, 4.69) is 17.1 Å². The molecule has 0 bridgehead atoms. The SMILES string of the molecule is NC(N)=NCCC[C@H]1C(=O)N(C(=O)N2CCN(C(=O)CCCCCc3ccccc3)CC2)C1C(=O)O. The number of aliphatic carboxylic acids is 1. The molecule has 196 valence electrons. The van der Waals surface area contributed by atoms with Crippen molar-refractivity contribution in [3.8, 4) is 0 Å². The number of nitrogens with zero attached hydrogens (tertiary/aromatic N) is 4. The van der Waals surface area contributed by atoms with Crippen LogP contribution >= 0.6 is 0 Å². The summed E-state index contributed by atoms with van der Waals surface area (Å²) in [6.45, 7) is 1.57. The number of likely N-dealkylation sites (tertiary alicyclic amines) is 1. The lowest BCUT2D eigenvalue weighted by atomic mass is 9.84. The minimum absolute atomic E-state index is 0.0612. The molecule has 0 radical (unpaired) electrons. The second kappa shape index (κ2) is 12.9. The zero-order valence-electron chi connectivity index (χ0n) is 20.6. The largest absolute Gasteiger partial charge is 0.480 e. The quantitative estimate of drug-likeness (QED) is 0.177. The highest BCUT2D eigenvalue weighted by molar-refractivity contribution is 6.07. The lowest BCUT2D eigenvalue weighted by Gasteiger charge is -2.46. The van der Waals surface area contributed by atoms with Gasteiger partial charge in [0.2, 0.25) is 11.8 Å². The maximum absolute atomic E-state index is 12.9. The highest BCUT2D eigenvalue weighted by atomic mass is 16.4. The van der Waals surface area contributed by atoms with E-state index in [1.165, 1.54) is 10.5 Å². The standard InChI is InChI=1S/C25H36N6O5/c26-24(27)28-13-7-11-19-21(23(34)35)31(22(19)33)25(36)30-16-14-29(15-17-30)20(32)12-6-2-5-10-18-8-3-1-4-9-18/h1,3-4,8-9,19,21H,2,5-7,10-17H2,(H,34,35)(H4,26,27,28)/t19-,21?/m1/s1. The summed E-state index contributed by atoms with van der Waals surface area (Å²) in [5.74, 6) is -2.49. The first-order valence-corrected chi connectivity index (χ1v) is 12.5. The predicted molar refractivity (Wildman–Crippen MR) is 134 cm³/mol. The van der Waals surface area contributed by atoms with Crippen LogP contribution in [0.1, 0.15) is 44.1 Å². The van der Waals surface area contributed by atoms with Crippen molar-refractivity contribution in [1.29, 1.82) is 0 Å². The van der Waals surface area contributed by atoms with E-state index in [0.29, 0.717) is 25.9 Å². The van der Waals surface area contributed by atoms with Gasteiger partial charge in [0, 0.05) is 39.1 Å². The Labute approximate surface area is 211 Å². The van der Waals surface area contributed by atoms with Crippen LogP contribution in [-0.2, 0) is 20.8 Å². The van der Waals surface area contributed by atoms with Crippen molar-refractivity contribution in [1.82, 2.24) is 14.7 Å². The smallest absolute Gasteiger partial charge is 0.327 e. The van der Waals surface area contributed by atoms with E-state index in [-0.39, 0.29) is 37.9 Å². The molecular weight excluding hydrogens is 464 g/mol. The Balaban J connectivity index is 1.39. The Kier molecular flexibility index (Phi) is 9.66. The number of piperazine rings is 1. The minimum atomic E-state index is -1.21. The van der Waals surface area contributed by atoms with Gasteiger partial charge in [0.25, 0.3) is 0 Å². The molecule has 5 N–H and O–H groups in total. The first-order chi connectivity index (χ1) is 17.3. The molecular formula is C25H36N6O5. The summed E-state index contributed by atoms with van der Waals surface area (Å²) in [4.78, 5) is 57.7. The second-order valence-electron chi connectivity index (χ2n) is 9.24. The molecule has 2 fully saturated rings. The number of hydrogen-bond acceptors (Lipinski definition) is 5. The third-order valence-electron chi connectivity index (χ3n) is 6.74. The molecule has 11 heteroatoms. The molecule has 1 unspecified atom stereocenters. The number of guanidine groups is 1. The first-order valence-electron chi connectivity index (χ1n) is 12.5. The van der Waals surface area contributed by atoms with Gasteiger partial charge < -0.3 is 26.4 Å². The van der Waals surface area contributed by atoms with Crippen molar-refractivity contribution >= 4 is 29.8 Å². The summed E-state index contributed by atoms with van der Waals surface area (Å²) in [6, 6.07) is 8.45. The number of rotatable bonds is 11. The summed E-state index contributed by atoms with van der Waals surface area (Å²) < 4.78 is 0. The lowest BCUT2D eigenvalue weighted by Crippen LogP contribution is -2.69. The highest BCUT2D eigenvalue weighted by Crippen LogP contribution is 2.32. The number of hydrogen-bond donors (Lipinski definition) is 3. The number of amides is 4. The van der Waals surface area contributed by atoms with Crippen LogP contribution in [0.15, 0.2) is 35.3 Å². The minimum Gasteiger partial charge on any atom is -0.480 e. The molecule has 1 aromatic rings. The van der Waals surface area contributed by atoms with Crippen LogP contribution in [0.5, 0.6) is 0 Å². The van der Waals surface area contributed by atoms with Gasteiger partial charge >= 0.3 is 12.0 Å². The number of benzene rings is 1. The average molecular weight is 501 g/mol. The van der Waals surface area contributed by atoms with Crippen LogP contribution in [0.25, 0.3) is 0 Å². The molecule has 0 saturated carbocycles. The Morgan fingerprint density at radius 1 is 0.944 bits per heavy atom. The van der Waals surface area contributed by atoms with Gasteiger partial charge in [-0.3, -0.25) is 14.6 Å². The van der Waals surface area contributed by atoms with Crippen molar-refractivity contribution in [2.45, 2.75) is 51.0 Å². The number of carbonyl (C=O) groups excluding carboxylic acids is 3.